The monoisotopic (exact) mass is 478 g/mol. The first-order valence-corrected chi connectivity index (χ1v) is 10.4. The number of halogens is 1. The SMILES string of the molecule is CN=C(NCC(C(C)C)N1CCCCCC1)N1CCC2(CCOC2)C1.I. The molecule has 0 aromatic carbocycles. The highest BCUT2D eigenvalue weighted by Crippen LogP contribution is 2.38. The normalized spacial score (nSPS) is 29.1. The summed E-state index contributed by atoms with van der Waals surface area (Å²) in [4.78, 5) is 9.76. The van der Waals surface area contributed by atoms with Gasteiger partial charge in [-0.15, -0.1) is 24.0 Å². The molecule has 0 aromatic heterocycles. The number of hydrogen-bond acceptors (Lipinski definition) is 3. The zero-order chi connectivity index (χ0) is 17.7. The van der Waals surface area contributed by atoms with E-state index in [-0.39, 0.29) is 24.0 Å². The molecule has 3 aliphatic heterocycles. The van der Waals surface area contributed by atoms with Gasteiger partial charge in [0.2, 0.25) is 0 Å². The van der Waals surface area contributed by atoms with Crippen molar-refractivity contribution >= 4 is 29.9 Å². The fourth-order valence-electron chi connectivity index (χ4n) is 4.83. The molecular weight excluding hydrogens is 439 g/mol. The molecule has 0 radical (unpaired) electrons. The van der Waals surface area contributed by atoms with Crippen LogP contribution in [0.25, 0.3) is 0 Å². The van der Waals surface area contributed by atoms with Crippen LogP contribution >= 0.6 is 24.0 Å². The van der Waals surface area contributed by atoms with Gasteiger partial charge in [0.15, 0.2) is 5.96 Å². The maximum Gasteiger partial charge on any atom is 0.193 e. The van der Waals surface area contributed by atoms with Crippen LogP contribution in [0.3, 0.4) is 0 Å². The van der Waals surface area contributed by atoms with Gasteiger partial charge in [-0.2, -0.15) is 0 Å². The Balaban J connectivity index is 0.00000243. The molecule has 0 aromatic rings. The van der Waals surface area contributed by atoms with Crippen LogP contribution < -0.4 is 5.32 Å². The Morgan fingerprint density at radius 2 is 1.85 bits per heavy atom. The zero-order valence-corrected chi connectivity index (χ0v) is 19.3. The Morgan fingerprint density at radius 1 is 1.12 bits per heavy atom. The van der Waals surface area contributed by atoms with E-state index < -0.39 is 0 Å². The Bertz CT molecular complexity index is 443. The Morgan fingerprint density at radius 3 is 2.42 bits per heavy atom. The minimum absolute atomic E-state index is 0. The van der Waals surface area contributed by atoms with E-state index in [0.29, 0.717) is 17.4 Å². The first-order valence-electron chi connectivity index (χ1n) is 10.4. The van der Waals surface area contributed by atoms with E-state index in [2.05, 4.69) is 34.0 Å². The van der Waals surface area contributed by atoms with Crippen LogP contribution in [0.2, 0.25) is 0 Å². The minimum atomic E-state index is 0. The fourth-order valence-corrected chi connectivity index (χ4v) is 4.83. The van der Waals surface area contributed by atoms with Gasteiger partial charge in [-0.3, -0.25) is 9.89 Å². The molecule has 26 heavy (non-hydrogen) atoms. The van der Waals surface area contributed by atoms with Gasteiger partial charge in [0.25, 0.3) is 0 Å². The smallest absolute Gasteiger partial charge is 0.193 e. The molecule has 3 rings (SSSR count). The Hall–Kier alpha value is -0.0800. The highest BCUT2D eigenvalue weighted by Gasteiger charge is 2.42. The summed E-state index contributed by atoms with van der Waals surface area (Å²) in [6.07, 6.45) is 7.96. The van der Waals surface area contributed by atoms with E-state index in [1.807, 2.05) is 7.05 Å². The van der Waals surface area contributed by atoms with Crippen molar-refractivity contribution in [3.63, 3.8) is 0 Å². The van der Waals surface area contributed by atoms with Crippen molar-refractivity contribution in [3.05, 3.63) is 0 Å². The first-order chi connectivity index (χ1) is 12.1. The molecule has 1 spiro atoms. The number of ether oxygens (including phenoxy) is 1. The highest BCUT2D eigenvalue weighted by molar-refractivity contribution is 14.0. The molecule has 1 N–H and O–H groups in total. The number of hydrogen-bond donors (Lipinski definition) is 1. The van der Waals surface area contributed by atoms with Crippen LogP contribution in [0.5, 0.6) is 0 Å². The molecule has 3 aliphatic rings. The van der Waals surface area contributed by atoms with E-state index in [4.69, 9.17) is 4.74 Å². The van der Waals surface area contributed by atoms with Crippen LogP contribution in [0.1, 0.15) is 52.4 Å². The van der Waals surface area contributed by atoms with Crippen molar-refractivity contribution in [3.8, 4) is 0 Å². The van der Waals surface area contributed by atoms with Gasteiger partial charge in [0.05, 0.1) is 6.61 Å². The molecular formula is C20H39IN4O. The molecule has 3 fully saturated rings. The summed E-state index contributed by atoms with van der Waals surface area (Å²) in [5.74, 6) is 1.75. The lowest BCUT2D eigenvalue weighted by Crippen LogP contribution is -2.50. The maximum atomic E-state index is 5.67. The van der Waals surface area contributed by atoms with Crippen LogP contribution in [0, 0.1) is 11.3 Å². The molecule has 0 aliphatic carbocycles. The van der Waals surface area contributed by atoms with E-state index >= 15 is 0 Å². The number of nitrogens with zero attached hydrogens (tertiary/aromatic N) is 3. The lowest BCUT2D eigenvalue weighted by atomic mass is 9.87. The summed E-state index contributed by atoms with van der Waals surface area (Å²) < 4.78 is 5.67. The summed E-state index contributed by atoms with van der Waals surface area (Å²) in [6.45, 7) is 12.3. The molecule has 2 atom stereocenters. The highest BCUT2D eigenvalue weighted by atomic mass is 127. The van der Waals surface area contributed by atoms with Crippen LogP contribution in [0.4, 0.5) is 0 Å². The molecule has 0 amide bonds. The van der Waals surface area contributed by atoms with Gasteiger partial charge in [0.1, 0.15) is 0 Å². The lowest BCUT2D eigenvalue weighted by molar-refractivity contribution is 0.155. The van der Waals surface area contributed by atoms with Crippen molar-refractivity contribution in [1.29, 1.82) is 0 Å². The maximum absolute atomic E-state index is 5.67. The molecule has 0 bridgehead atoms. The summed E-state index contributed by atoms with van der Waals surface area (Å²) in [7, 11) is 1.93. The average molecular weight is 478 g/mol. The molecule has 3 saturated heterocycles. The minimum Gasteiger partial charge on any atom is -0.381 e. The largest absolute Gasteiger partial charge is 0.381 e. The van der Waals surface area contributed by atoms with Crippen LogP contribution in [-0.2, 0) is 4.74 Å². The summed E-state index contributed by atoms with van der Waals surface area (Å²) in [6, 6.07) is 0.598. The number of rotatable bonds is 4. The summed E-state index contributed by atoms with van der Waals surface area (Å²) >= 11 is 0. The molecule has 6 heteroatoms. The zero-order valence-electron chi connectivity index (χ0n) is 17.0. The van der Waals surface area contributed by atoms with Crippen molar-refractivity contribution < 1.29 is 4.74 Å². The van der Waals surface area contributed by atoms with Crippen molar-refractivity contribution in [2.45, 2.75) is 58.4 Å². The van der Waals surface area contributed by atoms with E-state index in [0.717, 1.165) is 38.8 Å². The van der Waals surface area contributed by atoms with Gasteiger partial charge < -0.3 is 15.0 Å². The molecule has 3 heterocycles. The van der Waals surface area contributed by atoms with Crippen molar-refractivity contribution in [2.75, 3.05) is 53.0 Å². The van der Waals surface area contributed by atoms with Crippen molar-refractivity contribution in [2.24, 2.45) is 16.3 Å². The fraction of sp³-hybridized carbons (Fsp3) is 0.950. The predicted octanol–water partition coefficient (Wildman–Crippen LogP) is 3.19. The number of nitrogens with one attached hydrogen (secondary N) is 1. The quantitative estimate of drug-likeness (QED) is 0.383. The van der Waals surface area contributed by atoms with Gasteiger partial charge >= 0.3 is 0 Å². The van der Waals surface area contributed by atoms with Crippen molar-refractivity contribution in [1.82, 2.24) is 15.1 Å². The van der Waals surface area contributed by atoms with Gasteiger partial charge in [-0.1, -0.05) is 26.7 Å². The molecule has 152 valence electrons. The van der Waals surface area contributed by atoms with Gasteiger partial charge in [-0.25, -0.2) is 0 Å². The Kier molecular flexibility index (Phi) is 8.94. The summed E-state index contributed by atoms with van der Waals surface area (Å²) in [5, 5.41) is 3.71. The molecule has 0 saturated carbocycles. The van der Waals surface area contributed by atoms with Crippen LogP contribution in [0.15, 0.2) is 4.99 Å². The number of likely N-dealkylation sites (tertiary alicyclic amines) is 2. The third kappa shape index (κ3) is 5.47. The number of guanidine groups is 1. The second-order valence-corrected chi connectivity index (χ2v) is 8.66. The third-order valence-electron chi connectivity index (χ3n) is 6.48. The van der Waals surface area contributed by atoms with E-state index in [1.165, 1.54) is 51.6 Å². The number of aliphatic imine (C=N–C) groups is 1. The average Bonchev–Trinajstić information content (AvgIpc) is 3.14. The van der Waals surface area contributed by atoms with Gasteiger partial charge in [0, 0.05) is 44.7 Å². The summed E-state index contributed by atoms with van der Waals surface area (Å²) in [5.41, 5.74) is 0.389. The standard InChI is InChI=1S/C20H38N4O.HI/c1-17(2)18(23-10-6-4-5-7-11-23)14-22-19(21-3)24-12-8-20(15-24)9-13-25-16-20;/h17-18H,4-16H2,1-3H3,(H,21,22);1H. The van der Waals surface area contributed by atoms with E-state index in [9.17, 15) is 0 Å². The van der Waals surface area contributed by atoms with E-state index in [1.54, 1.807) is 0 Å². The molecule has 2 unspecified atom stereocenters. The van der Waals surface area contributed by atoms with Crippen LogP contribution in [-0.4, -0.2) is 74.8 Å². The topological polar surface area (TPSA) is 40.1 Å². The second kappa shape index (κ2) is 10.5. The lowest BCUT2D eigenvalue weighted by Gasteiger charge is -2.35. The predicted molar refractivity (Wildman–Crippen MR) is 120 cm³/mol. The second-order valence-electron chi connectivity index (χ2n) is 8.66. The van der Waals surface area contributed by atoms with Gasteiger partial charge in [-0.05, 0) is 44.7 Å². The third-order valence-corrected chi connectivity index (χ3v) is 6.48. The first kappa shape index (κ1) is 22.2. The molecule has 5 nitrogen and oxygen atoms in total. The Labute approximate surface area is 177 Å².